The molecule has 0 fully saturated rings. The molecule has 0 aromatic carbocycles. The summed E-state index contributed by atoms with van der Waals surface area (Å²) in [5.41, 5.74) is 0. The maximum absolute atomic E-state index is 11.3. The van der Waals surface area contributed by atoms with Crippen LogP contribution >= 0.6 is 0 Å². The molecule has 0 spiro atoms. The number of nitrogens with one attached hydrogen (secondary N) is 2. The van der Waals surface area contributed by atoms with Crippen LogP contribution in [0.4, 0.5) is 0 Å². The summed E-state index contributed by atoms with van der Waals surface area (Å²) in [7, 11) is 0. The number of amides is 2. The first-order valence-electron chi connectivity index (χ1n) is 5.65. The van der Waals surface area contributed by atoms with E-state index in [1.54, 1.807) is 24.5 Å². The summed E-state index contributed by atoms with van der Waals surface area (Å²) in [6, 6.07) is 3.57. The summed E-state index contributed by atoms with van der Waals surface area (Å²) < 4.78 is 5.53. The Kier molecular flexibility index (Phi) is 5.63. The first-order chi connectivity index (χ1) is 8.58. The molecule has 2 N–H and O–H groups in total. The van der Waals surface area contributed by atoms with Crippen LogP contribution in [0.15, 0.2) is 24.5 Å². The van der Waals surface area contributed by atoms with Crippen LogP contribution in [0.2, 0.25) is 0 Å². The molecule has 1 aromatic heterocycles. The topological polar surface area (TPSA) is 80.3 Å². The third-order valence-corrected chi connectivity index (χ3v) is 2.06. The van der Waals surface area contributed by atoms with Crippen molar-refractivity contribution in [2.24, 2.45) is 0 Å². The highest BCUT2D eigenvalue weighted by Crippen LogP contribution is 2.08. The SMILES string of the molecule is CC(=O)NCC(=O)NCC(C)Oc1cccnc1. The lowest BCUT2D eigenvalue weighted by atomic mass is 10.3. The standard InChI is InChI=1S/C12H17N3O3/c1-9(18-11-4-3-5-13-7-11)6-15-12(17)8-14-10(2)16/h3-5,7,9H,6,8H2,1-2H3,(H,14,16)(H,15,17). The Labute approximate surface area is 106 Å². The van der Waals surface area contributed by atoms with Crippen molar-refractivity contribution in [1.29, 1.82) is 0 Å². The molecule has 0 aliphatic heterocycles. The van der Waals surface area contributed by atoms with Crippen LogP contribution in [0.5, 0.6) is 5.75 Å². The van der Waals surface area contributed by atoms with Gasteiger partial charge < -0.3 is 15.4 Å². The van der Waals surface area contributed by atoms with Crippen molar-refractivity contribution in [2.75, 3.05) is 13.1 Å². The minimum absolute atomic E-state index is 0.0189. The Morgan fingerprint density at radius 1 is 1.44 bits per heavy atom. The smallest absolute Gasteiger partial charge is 0.239 e. The Bertz CT molecular complexity index is 395. The van der Waals surface area contributed by atoms with Crippen LogP contribution in [-0.2, 0) is 9.59 Å². The fourth-order valence-electron chi connectivity index (χ4n) is 1.22. The van der Waals surface area contributed by atoms with Crippen molar-refractivity contribution in [2.45, 2.75) is 20.0 Å². The van der Waals surface area contributed by atoms with Crippen molar-refractivity contribution in [3.63, 3.8) is 0 Å². The Hall–Kier alpha value is -2.11. The fourth-order valence-corrected chi connectivity index (χ4v) is 1.22. The van der Waals surface area contributed by atoms with Crippen molar-refractivity contribution in [3.8, 4) is 5.75 Å². The molecule has 1 rings (SSSR count). The second kappa shape index (κ2) is 7.26. The van der Waals surface area contributed by atoms with Gasteiger partial charge in [0.05, 0.1) is 19.3 Å². The van der Waals surface area contributed by atoms with Gasteiger partial charge in [0.25, 0.3) is 0 Å². The third-order valence-electron chi connectivity index (χ3n) is 2.06. The largest absolute Gasteiger partial charge is 0.487 e. The summed E-state index contributed by atoms with van der Waals surface area (Å²) in [5, 5.41) is 5.08. The Morgan fingerprint density at radius 2 is 2.22 bits per heavy atom. The zero-order valence-corrected chi connectivity index (χ0v) is 10.5. The van der Waals surface area contributed by atoms with Crippen LogP contribution in [0.1, 0.15) is 13.8 Å². The molecule has 0 radical (unpaired) electrons. The Balaban J connectivity index is 2.22. The molecule has 6 nitrogen and oxygen atoms in total. The fraction of sp³-hybridized carbons (Fsp3) is 0.417. The maximum atomic E-state index is 11.3. The van der Waals surface area contributed by atoms with E-state index in [2.05, 4.69) is 15.6 Å². The first kappa shape index (κ1) is 14.0. The van der Waals surface area contributed by atoms with E-state index in [0.29, 0.717) is 12.3 Å². The summed E-state index contributed by atoms with van der Waals surface area (Å²) >= 11 is 0. The van der Waals surface area contributed by atoms with Crippen LogP contribution in [-0.4, -0.2) is 36.0 Å². The summed E-state index contributed by atoms with van der Waals surface area (Å²) in [4.78, 5) is 25.8. The molecule has 0 saturated carbocycles. The average molecular weight is 251 g/mol. The monoisotopic (exact) mass is 251 g/mol. The highest BCUT2D eigenvalue weighted by molar-refractivity contribution is 5.83. The molecule has 18 heavy (non-hydrogen) atoms. The summed E-state index contributed by atoms with van der Waals surface area (Å²) in [5.74, 6) is 0.178. The summed E-state index contributed by atoms with van der Waals surface area (Å²) in [6.45, 7) is 3.55. The van der Waals surface area contributed by atoms with Gasteiger partial charge in [-0.25, -0.2) is 0 Å². The molecule has 98 valence electrons. The molecule has 1 atom stereocenters. The lowest BCUT2D eigenvalue weighted by Gasteiger charge is -2.15. The minimum Gasteiger partial charge on any atom is -0.487 e. The van der Waals surface area contributed by atoms with Gasteiger partial charge in [0, 0.05) is 13.1 Å². The van der Waals surface area contributed by atoms with Gasteiger partial charge in [-0.1, -0.05) is 0 Å². The van der Waals surface area contributed by atoms with Gasteiger partial charge in [-0.2, -0.15) is 0 Å². The van der Waals surface area contributed by atoms with Gasteiger partial charge in [0.1, 0.15) is 11.9 Å². The van der Waals surface area contributed by atoms with Crippen LogP contribution < -0.4 is 15.4 Å². The highest BCUT2D eigenvalue weighted by Gasteiger charge is 2.07. The van der Waals surface area contributed by atoms with Crippen molar-refractivity contribution in [1.82, 2.24) is 15.6 Å². The number of carbonyl (C=O) groups is 2. The number of rotatable bonds is 6. The number of ether oxygens (including phenoxy) is 1. The Morgan fingerprint density at radius 3 is 2.83 bits per heavy atom. The van der Waals surface area contributed by atoms with E-state index in [-0.39, 0.29) is 24.5 Å². The van der Waals surface area contributed by atoms with Crippen molar-refractivity contribution >= 4 is 11.8 Å². The number of aromatic nitrogens is 1. The van der Waals surface area contributed by atoms with Gasteiger partial charge in [0.15, 0.2) is 0 Å². The molecule has 1 heterocycles. The molecule has 0 bridgehead atoms. The van der Waals surface area contributed by atoms with E-state index >= 15 is 0 Å². The maximum Gasteiger partial charge on any atom is 0.239 e. The van der Waals surface area contributed by atoms with Crippen molar-refractivity contribution < 1.29 is 14.3 Å². The van der Waals surface area contributed by atoms with Gasteiger partial charge in [0.2, 0.25) is 11.8 Å². The predicted molar refractivity (Wildman–Crippen MR) is 66.0 cm³/mol. The average Bonchev–Trinajstić information content (AvgIpc) is 2.35. The molecular weight excluding hydrogens is 234 g/mol. The van der Waals surface area contributed by atoms with Crippen LogP contribution in [0.25, 0.3) is 0 Å². The van der Waals surface area contributed by atoms with Gasteiger partial charge in [-0.3, -0.25) is 14.6 Å². The molecule has 1 aromatic rings. The molecule has 0 saturated heterocycles. The second-order valence-electron chi connectivity index (χ2n) is 3.83. The lowest BCUT2D eigenvalue weighted by Crippen LogP contribution is -2.40. The number of pyridine rings is 1. The van der Waals surface area contributed by atoms with Gasteiger partial charge in [-0.05, 0) is 19.1 Å². The third kappa shape index (κ3) is 5.83. The second-order valence-corrected chi connectivity index (χ2v) is 3.83. The van der Waals surface area contributed by atoms with E-state index in [4.69, 9.17) is 4.74 Å². The minimum atomic E-state index is -0.244. The highest BCUT2D eigenvalue weighted by atomic mass is 16.5. The number of hydrogen-bond donors (Lipinski definition) is 2. The van der Waals surface area contributed by atoms with E-state index < -0.39 is 0 Å². The predicted octanol–water partition coefficient (Wildman–Crippen LogP) is 0.101. The number of hydrogen-bond acceptors (Lipinski definition) is 4. The van der Waals surface area contributed by atoms with Gasteiger partial charge in [-0.15, -0.1) is 0 Å². The number of carbonyl (C=O) groups excluding carboxylic acids is 2. The van der Waals surface area contributed by atoms with E-state index in [1.807, 2.05) is 6.92 Å². The molecule has 2 amide bonds. The molecule has 6 heteroatoms. The van der Waals surface area contributed by atoms with Crippen LogP contribution in [0, 0.1) is 0 Å². The van der Waals surface area contributed by atoms with Gasteiger partial charge >= 0.3 is 0 Å². The summed E-state index contributed by atoms with van der Waals surface area (Å²) in [6.07, 6.45) is 3.10. The molecule has 0 aliphatic rings. The molecule has 0 aliphatic carbocycles. The lowest BCUT2D eigenvalue weighted by molar-refractivity contribution is -0.125. The van der Waals surface area contributed by atoms with Crippen LogP contribution in [0.3, 0.4) is 0 Å². The quantitative estimate of drug-likeness (QED) is 0.751. The molecular formula is C12H17N3O3. The first-order valence-corrected chi connectivity index (χ1v) is 5.65. The number of nitrogens with zero attached hydrogens (tertiary/aromatic N) is 1. The van der Waals surface area contributed by atoms with Crippen molar-refractivity contribution in [3.05, 3.63) is 24.5 Å². The zero-order valence-electron chi connectivity index (χ0n) is 10.5. The normalized spacial score (nSPS) is 11.4. The van der Waals surface area contributed by atoms with E-state index in [9.17, 15) is 9.59 Å². The zero-order chi connectivity index (χ0) is 13.4. The van der Waals surface area contributed by atoms with E-state index in [1.165, 1.54) is 6.92 Å². The van der Waals surface area contributed by atoms with E-state index in [0.717, 1.165) is 0 Å². The molecule has 1 unspecified atom stereocenters.